The highest BCUT2D eigenvalue weighted by Crippen LogP contribution is 2.33. The van der Waals surface area contributed by atoms with Gasteiger partial charge in [0.05, 0.1) is 6.61 Å². The average Bonchev–Trinajstić information content (AvgIpc) is 3.12. The van der Waals surface area contributed by atoms with Gasteiger partial charge in [-0.15, -0.1) is 0 Å². The van der Waals surface area contributed by atoms with Crippen LogP contribution in [0.3, 0.4) is 0 Å². The third kappa shape index (κ3) is 2.77. The van der Waals surface area contributed by atoms with E-state index in [9.17, 15) is 4.79 Å². The summed E-state index contributed by atoms with van der Waals surface area (Å²) in [5, 5.41) is 7.39. The van der Waals surface area contributed by atoms with Crippen molar-refractivity contribution < 1.29 is 9.53 Å². The molecule has 6 heteroatoms. The lowest BCUT2D eigenvalue weighted by atomic mass is 9.96. The number of nitrogens with one attached hydrogen (secondary N) is 1. The highest BCUT2D eigenvalue weighted by Gasteiger charge is 2.36. The summed E-state index contributed by atoms with van der Waals surface area (Å²) in [6.07, 6.45) is 5.70. The molecule has 1 aliphatic carbocycles. The Morgan fingerprint density at radius 2 is 2.19 bits per heavy atom. The Morgan fingerprint density at radius 1 is 1.43 bits per heavy atom. The van der Waals surface area contributed by atoms with Crippen molar-refractivity contribution in [1.82, 2.24) is 20.0 Å². The smallest absolute Gasteiger partial charge is 0.271 e. The van der Waals surface area contributed by atoms with Crippen molar-refractivity contribution >= 4 is 5.91 Å². The fourth-order valence-corrected chi connectivity index (χ4v) is 3.33. The number of aromatic nitrogens is 2. The van der Waals surface area contributed by atoms with Crippen molar-refractivity contribution in [3.63, 3.8) is 0 Å². The molecule has 1 aliphatic heterocycles. The molecule has 1 saturated carbocycles. The predicted octanol–water partition coefficient (Wildman–Crippen LogP) is 1.27. The number of carbonyl (C=O) groups is 1. The Kier molecular flexibility index (Phi) is 3.89. The summed E-state index contributed by atoms with van der Waals surface area (Å²) in [5.74, 6) is 0.600. The Hall–Kier alpha value is -1.56. The first-order chi connectivity index (χ1) is 10.1. The van der Waals surface area contributed by atoms with Crippen LogP contribution in [0, 0.1) is 0 Å². The van der Waals surface area contributed by atoms with Gasteiger partial charge in [-0.1, -0.05) is 12.8 Å². The lowest BCUT2D eigenvalue weighted by Crippen LogP contribution is -2.50. The minimum Gasteiger partial charge on any atom is -0.478 e. The van der Waals surface area contributed by atoms with Gasteiger partial charge in [0.2, 0.25) is 5.88 Å². The number of likely N-dealkylation sites (N-methyl/N-ethyl adjacent to an activating group) is 1. The van der Waals surface area contributed by atoms with E-state index in [2.05, 4.69) is 29.4 Å². The number of hydrogen-bond acceptors (Lipinski definition) is 4. The topological polar surface area (TPSA) is 59.4 Å². The van der Waals surface area contributed by atoms with Gasteiger partial charge in [-0.2, -0.15) is 5.10 Å². The van der Waals surface area contributed by atoms with Crippen molar-refractivity contribution in [3.05, 3.63) is 11.8 Å². The molecule has 2 heterocycles. The molecule has 0 radical (unpaired) electrons. The summed E-state index contributed by atoms with van der Waals surface area (Å²) in [6.45, 7) is 2.21. The van der Waals surface area contributed by atoms with Crippen molar-refractivity contribution in [2.75, 3.05) is 27.2 Å². The molecule has 1 aromatic rings. The summed E-state index contributed by atoms with van der Waals surface area (Å²) in [4.78, 5) is 14.6. The molecule has 0 atom stereocenters. The molecule has 1 amide bonds. The van der Waals surface area contributed by atoms with Crippen molar-refractivity contribution in [2.24, 2.45) is 0 Å². The number of aryl methyl sites for hydroxylation is 1. The van der Waals surface area contributed by atoms with Gasteiger partial charge in [0, 0.05) is 31.1 Å². The van der Waals surface area contributed by atoms with Gasteiger partial charge >= 0.3 is 0 Å². The SMILES string of the molecule is CN(C)C1(CNC(=O)c2cc3n(n2)CCCO3)CCCC1. The van der Waals surface area contributed by atoms with E-state index in [1.807, 2.05) is 0 Å². The van der Waals surface area contributed by atoms with Gasteiger partial charge in [-0.3, -0.25) is 4.79 Å². The van der Waals surface area contributed by atoms with Crippen molar-refractivity contribution in [3.8, 4) is 5.88 Å². The molecule has 2 aliphatic rings. The van der Waals surface area contributed by atoms with Crippen LogP contribution in [0.25, 0.3) is 0 Å². The van der Waals surface area contributed by atoms with Crippen LogP contribution in [-0.2, 0) is 6.54 Å². The van der Waals surface area contributed by atoms with E-state index < -0.39 is 0 Å². The fourth-order valence-electron chi connectivity index (χ4n) is 3.33. The van der Waals surface area contributed by atoms with Gasteiger partial charge in [-0.25, -0.2) is 4.68 Å². The summed E-state index contributed by atoms with van der Waals surface area (Å²) in [7, 11) is 4.20. The Morgan fingerprint density at radius 3 is 2.86 bits per heavy atom. The quantitative estimate of drug-likeness (QED) is 0.908. The van der Waals surface area contributed by atoms with E-state index >= 15 is 0 Å². The first-order valence-electron chi connectivity index (χ1n) is 7.77. The van der Waals surface area contributed by atoms with Crippen LogP contribution in [0.1, 0.15) is 42.6 Å². The van der Waals surface area contributed by atoms with Crippen molar-refractivity contribution in [1.29, 1.82) is 0 Å². The molecule has 1 fully saturated rings. The summed E-state index contributed by atoms with van der Waals surface area (Å²) >= 11 is 0. The number of nitrogens with zero attached hydrogens (tertiary/aromatic N) is 3. The molecule has 1 N–H and O–H groups in total. The summed E-state index contributed by atoms with van der Waals surface area (Å²) in [5.41, 5.74) is 0.560. The lowest BCUT2D eigenvalue weighted by Gasteiger charge is -2.36. The third-order valence-corrected chi connectivity index (χ3v) is 4.80. The zero-order chi connectivity index (χ0) is 14.9. The second kappa shape index (κ2) is 5.67. The maximum absolute atomic E-state index is 12.3. The summed E-state index contributed by atoms with van der Waals surface area (Å²) in [6, 6.07) is 1.74. The summed E-state index contributed by atoms with van der Waals surface area (Å²) < 4.78 is 7.28. The number of amides is 1. The number of carbonyl (C=O) groups excluding carboxylic acids is 1. The van der Waals surface area contributed by atoms with E-state index in [1.54, 1.807) is 10.7 Å². The fraction of sp³-hybridized carbons (Fsp3) is 0.733. The largest absolute Gasteiger partial charge is 0.478 e. The van der Waals surface area contributed by atoms with Gasteiger partial charge in [-0.05, 0) is 26.9 Å². The third-order valence-electron chi connectivity index (χ3n) is 4.80. The van der Waals surface area contributed by atoms with Crippen LogP contribution in [0.5, 0.6) is 5.88 Å². The highest BCUT2D eigenvalue weighted by molar-refractivity contribution is 5.92. The van der Waals surface area contributed by atoms with Gasteiger partial charge in [0.25, 0.3) is 5.91 Å². The molecular formula is C15H24N4O2. The Bertz CT molecular complexity index is 494. The molecule has 1 aromatic heterocycles. The van der Waals surface area contributed by atoms with E-state index in [4.69, 9.17) is 4.74 Å². The number of ether oxygens (including phenoxy) is 1. The minimum atomic E-state index is -0.103. The second-order valence-corrected chi connectivity index (χ2v) is 6.30. The van der Waals surface area contributed by atoms with Crippen LogP contribution < -0.4 is 10.1 Å². The first-order valence-corrected chi connectivity index (χ1v) is 7.77. The molecule has 0 spiro atoms. The molecule has 0 unspecified atom stereocenters. The van der Waals surface area contributed by atoms with Crippen LogP contribution in [0.4, 0.5) is 0 Å². The first kappa shape index (κ1) is 14.4. The molecule has 116 valence electrons. The molecular weight excluding hydrogens is 268 g/mol. The molecule has 21 heavy (non-hydrogen) atoms. The predicted molar refractivity (Wildman–Crippen MR) is 79.6 cm³/mol. The molecule has 0 aromatic carbocycles. The highest BCUT2D eigenvalue weighted by atomic mass is 16.5. The maximum atomic E-state index is 12.3. The van der Waals surface area contributed by atoms with Crippen molar-refractivity contribution in [2.45, 2.75) is 44.2 Å². The normalized spacial score (nSPS) is 20.1. The average molecular weight is 292 g/mol. The molecule has 0 bridgehead atoms. The lowest BCUT2D eigenvalue weighted by molar-refractivity contribution is 0.0894. The number of rotatable bonds is 4. The standard InChI is InChI=1S/C15H24N4O2/c1-18(2)15(6-3-4-7-15)11-16-14(20)12-10-13-19(17-12)8-5-9-21-13/h10H,3-9,11H2,1-2H3,(H,16,20). The second-order valence-electron chi connectivity index (χ2n) is 6.30. The van der Waals surface area contributed by atoms with E-state index in [0.717, 1.165) is 25.8 Å². The number of fused-ring (bicyclic) bond motifs is 1. The monoisotopic (exact) mass is 292 g/mol. The Balaban J connectivity index is 1.65. The van der Waals surface area contributed by atoms with E-state index in [1.165, 1.54) is 12.8 Å². The van der Waals surface area contributed by atoms with Crippen LogP contribution in [-0.4, -0.2) is 53.4 Å². The molecule has 6 nitrogen and oxygen atoms in total. The van der Waals surface area contributed by atoms with E-state index in [0.29, 0.717) is 24.7 Å². The number of hydrogen-bond donors (Lipinski definition) is 1. The zero-order valence-electron chi connectivity index (χ0n) is 12.9. The minimum absolute atomic E-state index is 0.103. The maximum Gasteiger partial charge on any atom is 0.271 e. The van der Waals surface area contributed by atoms with Crippen LogP contribution in [0.15, 0.2) is 6.07 Å². The van der Waals surface area contributed by atoms with Gasteiger partial charge in [0.1, 0.15) is 0 Å². The Labute approximate surface area is 125 Å². The van der Waals surface area contributed by atoms with E-state index in [-0.39, 0.29) is 11.4 Å². The van der Waals surface area contributed by atoms with Gasteiger partial charge in [0.15, 0.2) is 5.69 Å². The molecule has 3 rings (SSSR count). The zero-order valence-corrected chi connectivity index (χ0v) is 12.9. The van der Waals surface area contributed by atoms with Crippen LogP contribution in [0.2, 0.25) is 0 Å². The molecule has 0 saturated heterocycles. The van der Waals surface area contributed by atoms with Crippen LogP contribution >= 0.6 is 0 Å². The van der Waals surface area contributed by atoms with Gasteiger partial charge < -0.3 is 15.0 Å².